The second kappa shape index (κ2) is 7.17. The van der Waals surface area contributed by atoms with Crippen LogP contribution in [-0.4, -0.2) is 30.0 Å². The van der Waals surface area contributed by atoms with Crippen LogP contribution in [0.15, 0.2) is 35.7 Å². The van der Waals surface area contributed by atoms with Crippen LogP contribution < -0.4 is 9.47 Å². The Morgan fingerprint density at radius 3 is 2.95 bits per heavy atom. The number of ether oxygens (including phenoxy) is 2. The lowest BCUT2D eigenvalue weighted by molar-refractivity contribution is 0.0985. The summed E-state index contributed by atoms with van der Waals surface area (Å²) in [5.41, 5.74) is 1.02. The molecule has 3 rings (SSSR count). The fourth-order valence-corrected chi connectivity index (χ4v) is 3.96. The van der Waals surface area contributed by atoms with Gasteiger partial charge in [0.15, 0.2) is 17.3 Å². The Kier molecular flexibility index (Phi) is 5.02. The second-order valence-corrected chi connectivity index (χ2v) is 7.06. The molecule has 116 valence electrons. The van der Waals surface area contributed by atoms with Gasteiger partial charge in [-0.2, -0.15) is 11.8 Å². The van der Waals surface area contributed by atoms with Gasteiger partial charge in [0.25, 0.3) is 0 Å². The summed E-state index contributed by atoms with van der Waals surface area (Å²) in [7, 11) is 0. The number of thiophene rings is 1. The molecule has 0 aliphatic carbocycles. The largest absolute Gasteiger partial charge is 0.454 e. The number of carbonyl (C=O) groups is 1. The third-order valence-corrected chi connectivity index (χ3v) is 5.52. The Morgan fingerprint density at radius 1 is 1.32 bits per heavy atom. The summed E-state index contributed by atoms with van der Waals surface area (Å²) in [6, 6.07) is 9.50. The molecule has 2 aromatic rings. The highest BCUT2D eigenvalue weighted by Gasteiger charge is 2.21. The molecular formula is C16H16O4S2. The lowest BCUT2D eigenvalue weighted by Crippen LogP contribution is -2.05. The first-order chi connectivity index (χ1) is 10.8. The molecule has 1 atom stereocenters. The summed E-state index contributed by atoms with van der Waals surface area (Å²) in [5, 5.41) is 11.0. The standard InChI is InChI=1S/C16H16O4S2/c17-5-7-22-16(9-12(18)15-2-1-6-21-15)11-3-4-13-14(8-11)20-10-19-13/h1-4,6,8,16-17H,5,7,9-10H2/t16-/m0/s1. The quantitative estimate of drug-likeness (QED) is 0.784. The first-order valence-corrected chi connectivity index (χ1v) is 8.89. The van der Waals surface area contributed by atoms with Crippen molar-refractivity contribution in [2.75, 3.05) is 19.2 Å². The Morgan fingerprint density at radius 2 is 2.18 bits per heavy atom. The molecule has 4 nitrogen and oxygen atoms in total. The van der Waals surface area contributed by atoms with E-state index in [0.29, 0.717) is 12.2 Å². The van der Waals surface area contributed by atoms with Gasteiger partial charge in [0.05, 0.1) is 11.5 Å². The molecule has 0 amide bonds. The van der Waals surface area contributed by atoms with Crippen molar-refractivity contribution in [1.29, 1.82) is 0 Å². The Bertz CT molecular complexity index is 640. The molecule has 1 N–H and O–H groups in total. The summed E-state index contributed by atoms with van der Waals surface area (Å²) in [6.45, 7) is 0.334. The molecule has 1 aromatic heterocycles. The van der Waals surface area contributed by atoms with Gasteiger partial charge in [-0.1, -0.05) is 12.1 Å². The maximum atomic E-state index is 12.4. The molecule has 22 heavy (non-hydrogen) atoms. The minimum Gasteiger partial charge on any atom is -0.454 e. The number of ketones is 1. The number of carbonyl (C=O) groups excluding carboxylic acids is 1. The van der Waals surface area contributed by atoms with Gasteiger partial charge in [0.2, 0.25) is 6.79 Å². The van der Waals surface area contributed by atoms with Crippen molar-refractivity contribution in [3.63, 3.8) is 0 Å². The summed E-state index contributed by atoms with van der Waals surface area (Å²) in [5.74, 6) is 2.18. The van der Waals surface area contributed by atoms with E-state index in [4.69, 9.17) is 14.6 Å². The monoisotopic (exact) mass is 336 g/mol. The van der Waals surface area contributed by atoms with Crippen LogP contribution in [0.4, 0.5) is 0 Å². The van der Waals surface area contributed by atoms with Crippen molar-refractivity contribution in [2.45, 2.75) is 11.7 Å². The third kappa shape index (κ3) is 3.45. The van der Waals surface area contributed by atoms with Crippen LogP contribution in [-0.2, 0) is 0 Å². The van der Waals surface area contributed by atoms with E-state index in [1.165, 1.54) is 11.3 Å². The smallest absolute Gasteiger partial charge is 0.231 e. The van der Waals surface area contributed by atoms with Crippen LogP contribution >= 0.6 is 23.1 Å². The molecule has 0 saturated carbocycles. The van der Waals surface area contributed by atoms with Gasteiger partial charge in [-0.05, 0) is 29.1 Å². The van der Waals surface area contributed by atoms with Crippen molar-refractivity contribution in [3.05, 3.63) is 46.2 Å². The van der Waals surface area contributed by atoms with E-state index >= 15 is 0 Å². The third-order valence-electron chi connectivity index (χ3n) is 3.35. The van der Waals surface area contributed by atoms with E-state index in [-0.39, 0.29) is 24.4 Å². The second-order valence-electron chi connectivity index (χ2n) is 4.80. The first kappa shape index (κ1) is 15.4. The van der Waals surface area contributed by atoms with Crippen LogP contribution in [0.5, 0.6) is 11.5 Å². The predicted molar refractivity (Wildman–Crippen MR) is 88.1 cm³/mol. The van der Waals surface area contributed by atoms with Gasteiger partial charge in [0.1, 0.15) is 0 Å². The van der Waals surface area contributed by atoms with Crippen molar-refractivity contribution in [3.8, 4) is 11.5 Å². The average molecular weight is 336 g/mol. The molecule has 1 aromatic carbocycles. The van der Waals surface area contributed by atoms with Gasteiger partial charge >= 0.3 is 0 Å². The van der Waals surface area contributed by atoms with Crippen LogP contribution in [0.2, 0.25) is 0 Å². The van der Waals surface area contributed by atoms with Gasteiger partial charge in [-0.25, -0.2) is 0 Å². The molecule has 0 saturated heterocycles. The predicted octanol–water partition coefficient (Wildman–Crippen LogP) is 3.52. The van der Waals surface area contributed by atoms with Crippen molar-refractivity contribution < 1.29 is 19.4 Å². The van der Waals surface area contributed by atoms with E-state index in [0.717, 1.165) is 21.9 Å². The Hall–Kier alpha value is -1.50. The number of rotatable bonds is 7. The van der Waals surface area contributed by atoms with Gasteiger partial charge in [0, 0.05) is 17.4 Å². The molecule has 0 radical (unpaired) electrons. The number of hydrogen-bond donors (Lipinski definition) is 1. The van der Waals surface area contributed by atoms with Crippen LogP contribution in [0.3, 0.4) is 0 Å². The number of thioether (sulfide) groups is 1. The molecular weight excluding hydrogens is 320 g/mol. The highest BCUT2D eigenvalue weighted by Crippen LogP contribution is 2.39. The van der Waals surface area contributed by atoms with Gasteiger partial charge in [-0.3, -0.25) is 4.79 Å². The fourth-order valence-electron chi connectivity index (χ4n) is 2.29. The van der Waals surface area contributed by atoms with E-state index in [2.05, 4.69) is 0 Å². The highest BCUT2D eigenvalue weighted by molar-refractivity contribution is 7.99. The van der Waals surface area contributed by atoms with Gasteiger partial charge < -0.3 is 14.6 Å². The number of aliphatic hydroxyl groups excluding tert-OH is 1. The minimum absolute atomic E-state index is 0.00347. The normalized spacial score (nSPS) is 14.0. The van der Waals surface area contributed by atoms with Crippen molar-refractivity contribution >= 4 is 28.9 Å². The van der Waals surface area contributed by atoms with E-state index in [9.17, 15) is 4.79 Å². The molecule has 0 unspecified atom stereocenters. The molecule has 2 heterocycles. The van der Waals surface area contributed by atoms with E-state index in [1.54, 1.807) is 11.8 Å². The number of aliphatic hydroxyl groups is 1. The zero-order valence-corrected chi connectivity index (χ0v) is 13.5. The minimum atomic E-state index is -0.00347. The van der Waals surface area contributed by atoms with Gasteiger partial charge in [-0.15, -0.1) is 11.3 Å². The summed E-state index contributed by atoms with van der Waals surface area (Å²) in [6.07, 6.45) is 0.408. The highest BCUT2D eigenvalue weighted by atomic mass is 32.2. The number of Topliss-reactive ketones (excluding diaryl/α,β-unsaturated/α-hetero) is 1. The topological polar surface area (TPSA) is 55.8 Å². The SMILES string of the molecule is O=C(C[C@H](SCCO)c1ccc2c(c1)OCO2)c1cccs1. The summed E-state index contributed by atoms with van der Waals surface area (Å²) < 4.78 is 10.7. The lowest BCUT2D eigenvalue weighted by Gasteiger charge is -2.16. The summed E-state index contributed by atoms with van der Waals surface area (Å²) in [4.78, 5) is 13.1. The van der Waals surface area contributed by atoms with Crippen LogP contribution in [0, 0.1) is 0 Å². The maximum absolute atomic E-state index is 12.4. The Labute approximate surface area is 137 Å². The molecule has 1 aliphatic rings. The van der Waals surface area contributed by atoms with E-state index in [1.807, 2.05) is 35.7 Å². The van der Waals surface area contributed by atoms with Crippen molar-refractivity contribution in [2.24, 2.45) is 0 Å². The molecule has 0 fully saturated rings. The zero-order chi connectivity index (χ0) is 15.4. The summed E-state index contributed by atoms with van der Waals surface area (Å²) >= 11 is 3.04. The molecule has 0 bridgehead atoms. The average Bonchev–Trinajstić information content (AvgIpc) is 3.20. The zero-order valence-electron chi connectivity index (χ0n) is 11.9. The van der Waals surface area contributed by atoms with Crippen molar-refractivity contribution in [1.82, 2.24) is 0 Å². The molecule has 1 aliphatic heterocycles. The Balaban J connectivity index is 1.78. The maximum Gasteiger partial charge on any atom is 0.231 e. The lowest BCUT2D eigenvalue weighted by atomic mass is 10.1. The first-order valence-electron chi connectivity index (χ1n) is 6.96. The fraction of sp³-hybridized carbons (Fsp3) is 0.312. The number of fused-ring (bicyclic) bond motifs is 1. The number of benzene rings is 1. The van der Waals surface area contributed by atoms with Crippen LogP contribution in [0.25, 0.3) is 0 Å². The number of hydrogen-bond acceptors (Lipinski definition) is 6. The molecule has 0 spiro atoms. The van der Waals surface area contributed by atoms with Crippen LogP contribution in [0.1, 0.15) is 26.9 Å². The van der Waals surface area contributed by atoms with E-state index < -0.39 is 0 Å². The molecule has 6 heteroatoms.